The summed E-state index contributed by atoms with van der Waals surface area (Å²) in [4.78, 5) is 40.8. The van der Waals surface area contributed by atoms with Gasteiger partial charge in [-0.3, -0.25) is 14.6 Å². The number of nitrogens with one attached hydrogen (secondary N) is 1. The number of aromatic nitrogens is 3. The second-order valence-corrected chi connectivity index (χ2v) is 8.38. The second-order valence-electron chi connectivity index (χ2n) is 7.05. The molecule has 8 nitrogen and oxygen atoms in total. The lowest BCUT2D eigenvalue weighted by molar-refractivity contribution is -0.131. The number of thioether (sulfide) groups is 1. The molecule has 0 saturated carbocycles. The zero-order valence-corrected chi connectivity index (χ0v) is 18.6. The minimum atomic E-state index is -0.0928. The van der Waals surface area contributed by atoms with Gasteiger partial charge in [-0.2, -0.15) is 0 Å². The van der Waals surface area contributed by atoms with E-state index in [1.54, 1.807) is 19.2 Å². The molecular formula is C20H25ClN6O2S. The average molecular weight is 449 g/mol. The molecule has 2 aromatic rings. The van der Waals surface area contributed by atoms with E-state index in [4.69, 9.17) is 11.6 Å². The predicted octanol–water partition coefficient (Wildman–Crippen LogP) is 2.03. The smallest absolute Gasteiger partial charge is 0.230 e. The third-order valence-corrected chi connectivity index (χ3v) is 5.82. The van der Waals surface area contributed by atoms with Gasteiger partial charge in [-0.1, -0.05) is 29.4 Å². The van der Waals surface area contributed by atoms with Gasteiger partial charge in [0.2, 0.25) is 11.8 Å². The van der Waals surface area contributed by atoms with Gasteiger partial charge in [-0.25, -0.2) is 9.97 Å². The number of piperazine rings is 1. The van der Waals surface area contributed by atoms with Crippen molar-refractivity contribution >= 4 is 41.0 Å². The molecule has 1 unspecified atom stereocenters. The first-order chi connectivity index (χ1) is 14.4. The van der Waals surface area contributed by atoms with Crippen molar-refractivity contribution in [3.63, 3.8) is 0 Å². The Morgan fingerprint density at radius 1 is 1.30 bits per heavy atom. The van der Waals surface area contributed by atoms with Crippen LogP contribution in [-0.2, 0) is 16.0 Å². The van der Waals surface area contributed by atoms with Crippen LogP contribution in [0.5, 0.6) is 0 Å². The highest BCUT2D eigenvalue weighted by atomic mass is 35.5. The van der Waals surface area contributed by atoms with E-state index in [0.29, 0.717) is 48.7 Å². The summed E-state index contributed by atoms with van der Waals surface area (Å²) in [5.41, 5.74) is 0.937. The number of hydrogen-bond acceptors (Lipinski definition) is 7. The fraction of sp³-hybridized carbons (Fsp3) is 0.450. The Kier molecular flexibility index (Phi) is 7.87. The van der Waals surface area contributed by atoms with Crippen LogP contribution in [0.4, 0.5) is 5.82 Å². The molecule has 2 amide bonds. The molecule has 1 saturated heterocycles. The summed E-state index contributed by atoms with van der Waals surface area (Å²) in [5.74, 6) is 0.900. The lowest BCUT2D eigenvalue weighted by Gasteiger charge is -2.40. The lowest BCUT2D eigenvalue weighted by atomic mass is 10.2. The third kappa shape index (κ3) is 6.30. The normalized spacial score (nSPS) is 16.4. The summed E-state index contributed by atoms with van der Waals surface area (Å²) in [6, 6.07) is 7.52. The van der Waals surface area contributed by atoms with Crippen molar-refractivity contribution in [1.82, 2.24) is 25.2 Å². The predicted molar refractivity (Wildman–Crippen MR) is 118 cm³/mol. The Labute approximate surface area is 185 Å². The van der Waals surface area contributed by atoms with Crippen LogP contribution in [0.1, 0.15) is 19.5 Å². The SMILES string of the molecule is CC(=O)N1CCN(c2cc(Cl)nc(SCC(=O)NCCc3ccccn3)n2)CC1C. The van der Waals surface area contributed by atoms with E-state index in [-0.39, 0.29) is 23.6 Å². The Balaban J connectivity index is 1.51. The van der Waals surface area contributed by atoms with Gasteiger partial charge >= 0.3 is 0 Å². The van der Waals surface area contributed by atoms with Crippen LogP contribution < -0.4 is 10.2 Å². The third-order valence-electron chi connectivity index (χ3n) is 4.78. The summed E-state index contributed by atoms with van der Waals surface area (Å²) in [5, 5.41) is 3.67. The molecule has 1 aliphatic heterocycles. The highest BCUT2D eigenvalue weighted by Gasteiger charge is 2.26. The summed E-state index contributed by atoms with van der Waals surface area (Å²) in [7, 11) is 0. The van der Waals surface area contributed by atoms with Crippen LogP contribution in [0.2, 0.25) is 5.15 Å². The average Bonchev–Trinajstić information content (AvgIpc) is 2.72. The first-order valence-electron chi connectivity index (χ1n) is 9.78. The van der Waals surface area contributed by atoms with Gasteiger partial charge in [0, 0.05) is 63.5 Å². The number of halogens is 1. The monoisotopic (exact) mass is 448 g/mol. The lowest BCUT2D eigenvalue weighted by Crippen LogP contribution is -2.53. The van der Waals surface area contributed by atoms with Crippen molar-refractivity contribution in [2.24, 2.45) is 0 Å². The minimum Gasteiger partial charge on any atom is -0.355 e. The molecule has 1 fully saturated rings. The molecule has 3 heterocycles. The molecule has 2 aromatic heterocycles. The second kappa shape index (κ2) is 10.6. The molecule has 0 bridgehead atoms. The number of carbonyl (C=O) groups is 2. The van der Waals surface area contributed by atoms with Gasteiger partial charge in [0.05, 0.1) is 5.75 Å². The van der Waals surface area contributed by atoms with Crippen molar-refractivity contribution in [1.29, 1.82) is 0 Å². The maximum absolute atomic E-state index is 12.1. The number of nitrogens with zero attached hydrogens (tertiary/aromatic N) is 5. The Morgan fingerprint density at radius 2 is 2.13 bits per heavy atom. The molecule has 0 aromatic carbocycles. The van der Waals surface area contributed by atoms with Crippen molar-refractivity contribution in [3.8, 4) is 0 Å². The van der Waals surface area contributed by atoms with E-state index in [9.17, 15) is 9.59 Å². The summed E-state index contributed by atoms with van der Waals surface area (Å²) in [6.07, 6.45) is 2.42. The molecule has 0 radical (unpaired) electrons. The molecule has 160 valence electrons. The fourth-order valence-corrected chi connectivity index (χ4v) is 4.21. The highest BCUT2D eigenvalue weighted by Crippen LogP contribution is 2.24. The van der Waals surface area contributed by atoms with Gasteiger partial charge in [0.1, 0.15) is 11.0 Å². The summed E-state index contributed by atoms with van der Waals surface area (Å²) in [6.45, 7) is 6.11. The quantitative estimate of drug-likeness (QED) is 0.393. The topological polar surface area (TPSA) is 91.3 Å². The number of carbonyl (C=O) groups excluding carboxylic acids is 2. The zero-order valence-electron chi connectivity index (χ0n) is 17.0. The van der Waals surface area contributed by atoms with Gasteiger partial charge in [-0.15, -0.1) is 0 Å². The van der Waals surface area contributed by atoms with Gasteiger partial charge in [-0.05, 0) is 19.1 Å². The highest BCUT2D eigenvalue weighted by molar-refractivity contribution is 7.99. The largest absolute Gasteiger partial charge is 0.355 e. The molecule has 10 heteroatoms. The summed E-state index contributed by atoms with van der Waals surface area (Å²) >= 11 is 7.44. The fourth-order valence-electron chi connectivity index (χ4n) is 3.30. The number of pyridine rings is 1. The Bertz CT molecular complexity index is 885. The van der Waals surface area contributed by atoms with Crippen LogP contribution in [-0.4, -0.2) is 69.6 Å². The Morgan fingerprint density at radius 3 is 2.83 bits per heavy atom. The van der Waals surface area contributed by atoms with E-state index < -0.39 is 0 Å². The number of anilines is 1. The van der Waals surface area contributed by atoms with E-state index in [0.717, 1.165) is 5.69 Å². The first-order valence-corrected chi connectivity index (χ1v) is 11.1. The number of amides is 2. The Hall–Kier alpha value is -2.39. The van der Waals surface area contributed by atoms with E-state index in [1.807, 2.05) is 30.0 Å². The van der Waals surface area contributed by atoms with Crippen LogP contribution >= 0.6 is 23.4 Å². The van der Waals surface area contributed by atoms with Crippen molar-refractivity contribution in [2.45, 2.75) is 31.5 Å². The molecule has 1 aliphatic rings. The molecular weight excluding hydrogens is 424 g/mol. The van der Waals surface area contributed by atoms with Crippen molar-refractivity contribution < 1.29 is 9.59 Å². The van der Waals surface area contributed by atoms with Gasteiger partial charge < -0.3 is 15.1 Å². The van der Waals surface area contributed by atoms with Crippen LogP contribution in [0.3, 0.4) is 0 Å². The van der Waals surface area contributed by atoms with Gasteiger partial charge in [0.15, 0.2) is 5.16 Å². The zero-order chi connectivity index (χ0) is 21.5. The minimum absolute atomic E-state index is 0.0770. The molecule has 1 atom stereocenters. The van der Waals surface area contributed by atoms with Crippen LogP contribution in [0.25, 0.3) is 0 Å². The molecule has 0 spiro atoms. The number of rotatable bonds is 7. The summed E-state index contributed by atoms with van der Waals surface area (Å²) < 4.78 is 0. The molecule has 3 rings (SSSR count). The van der Waals surface area contributed by atoms with E-state index >= 15 is 0 Å². The van der Waals surface area contributed by atoms with Crippen LogP contribution in [0, 0.1) is 0 Å². The standard InChI is InChI=1S/C20H25ClN6O2S/c1-14-12-26(9-10-27(14)15(2)28)18-11-17(21)24-20(25-18)30-13-19(29)23-8-6-16-5-3-4-7-22-16/h3-5,7,11,14H,6,8-10,12-13H2,1-2H3,(H,23,29). The number of hydrogen-bond donors (Lipinski definition) is 1. The van der Waals surface area contributed by atoms with Gasteiger partial charge in [0.25, 0.3) is 0 Å². The van der Waals surface area contributed by atoms with E-state index in [1.165, 1.54) is 11.8 Å². The van der Waals surface area contributed by atoms with Crippen LogP contribution in [0.15, 0.2) is 35.6 Å². The van der Waals surface area contributed by atoms with Crippen molar-refractivity contribution in [3.05, 3.63) is 41.3 Å². The maximum atomic E-state index is 12.1. The van der Waals surface area contributed by atoms with Crippen molar-refractivity contribution in [2.75, 3.05) is 36.8 Å². The first kappa shape index (κ1) is 22.3. The maximum Gasteiger partial charge on any atom is 0.230 e. The van der Waals surface area contributed by atoms with E-state index in [2.05, 4.69) is 25.2 Å². The molecule has 1 N–H and O–H groups in total. The molecule has 0 aliphatic carbocycles. The molecule has 30 heavy (non-hydrogen) atoms.